The van der Waals surface area contributed by atoms with Crippen molar-refractivity contribution in [1.82, 2.24) is 10.3 Å². The van der Waals surface area contributed by atoms with Gasteiger partial charge in [-0.05, 0) is 30.9 Å². The highest BCUT2D eigenvalue weighted by molar-refractivity contribution is 7.99. The number of aromatic nitrogens is 1. The van der Waals surface area contributed by atoms with Crippen molar-refractivity contribution < 1.29 is 4.79 Å². The number of amides is 1. The van der Waals surface area contributed by atoms with Crippen molar-refractivity contribution >= 4 is 28.6 Å². The minimum absolute atomic E-state index is 0.0301. The molecule has 4 heteroatoms. The molecule has 1 fully saturated rings. The Labute approximate surface area is 129 Å². The lowest BCUT2D eigenvalue weighted by Gasteiger charge is -2.10. The zero-order valence-electron chi connectivity index (χ0n) is 12.4. The van der Waals surface area contributed by atoms with Crippen molar-refractivity contribution in [3.05, 3.63) is 35.9 Å². The Kier molecular flexibility index (Phi) is 4.15. The Balaban J connectivity index is 1.96. The minimum atomic E-state index is 0.0301. The molecule has 0 atom stereocenters. The van der Waals surface area contributed by atoms with E-state index in [0.29, 0.717) is 12.0 Å². The number of carbonyl (C=O) groups excluding carboxylic acids is 1. The summed E-state index contributed by atoms with van der Waals surface area (Å²) in [5, 5.41) is 4.95. The second-order valence-corrected chi connectivity index (χ2v) is 7.02. The maximum absolute atomic E-state index is 12.5. The largest absolute Gasteiger partial charge is 0.349 e. The van der Waals surface area contributed by atoms with E-state index in [2.05, 4.69) is 24.1 Å². The van der Waals surface area contributed by atoms with E-state index in [-0.39, 0.29) is 5.91 Å². The molecule has 1 aliphatic carbocycles. The van der Waals surface area contributed by atoms with Crippen LogP contribution in [0, 0.1) is 5.92 Å². The van der Waals surface area contributed by atoms with Crippen LogP contribution in [0.3, 0.4) is 0 Å². The van der Waals surface area contributed by atoms with Gasteiger partial charge in [-0.2, -0.15) is 0 Å². The van der Waals surface area contributed by atoms with E-state index in [1.807, 2.05) is 30.3 Å². The number of hydrogen-bond donors (Lipinski definition) is 1. The molecule has 1 aliphatic rings. The van der Waals surface area contributed by atoms with Crippen molar-refractivity contribution in [2.24, 2.45) is 5.92 Å². The van der Waals surface area contributed by atoms with Crippen molar-refractivity contribution in [2.75, 3.05) is 5.75 Å². The Morgan fingerprint density at radius 2 is 2.14 bits per heavy atom. The molecule has 0 saturated heterocycles. The molecule has 110 valence electrons. The van der Waals surface area contributed by atoms with Gasteiger partial charge in [0, 0.05) is 17.2 Å². The van der Waals surface area contributed by atoms with Gasteiger partial charge in [-0.1, -0.05) is 32.0 Å². The van der Waals surface area contributed by atoms with Gasteiger partial charge in [-0.25, -0.2) is 4.98 Å². The summed E-state index contributed by atoms with van der Waals surface area (Å²) in [4.78, 5) is 17.1. The number of pyridine rings is 1. The van der Waals surface area contributed by atoms with Crippen LogP contribution in [0.25, 0.3) is 10.9 Å². The zero-order chi connectivity index (χ0) is 14.8. The van der Waals surface area contributed by atoms with Crippen LogP contribution in [0.1, 0.15) is 37.0 Å². The van der Waals surface area contributed by atoms with Crippen molar-refractivity contribution in [3.63, 3.8) is 0 Å². The highest BCUT2D eigenvalue weighted by Crippen LogP contribution is 2.26. The van der Waals surface area contributed by atoms with Crippen LogP contribution in [0.2, 0.25) is 0 Å². The number of nitrogens with one attached hydrogen (secondary N) is 1. The monoisotopic (exact) mass is 300 g/mol. The van der Waals surface area contributed by atoms with E-state index in [0.717, 1.165) is 40.1 Å². The first kappa shape index (κ1) is 14.4. The van der Waals surface area contributed by atoms with Crippen LogP contribution in [0.15, 0.2) is 35.4 Å². The third kappa shape index (κ3) is 3.56. The number of rotatable bonds is 5. The van der Waals surface area contributed by atoms with Gasteiger partial charge in [0.05, 0.1) is 16.1 Å². The number of benzene rings is 1. The van der Waals surface area contributed by atoms with Crippen molar-refractivity contribution in [1.29, 1.82) is 0 Å². The van der Waals surface area contributed by atoms with Gasteiger partial charge >= 0.3 is 0 Å². The molecule has 1 saturated carbocycles. The van der Waals surface area contributed by atoms with Gasteiger partial charge in [-0.3, -0.25) is 4.79 Å². The summed E-state index contributed by atoms with van der Waals surface area (Å²) in [5.41, 5.74) is 1.64. The van der Waals surface area contributed by atoms with Crippen molar-refractivity contribution in [3.8, 4) is 0 Å². The topological polar surface area (TPSA) is 42.0 Å². The van der Waals surface area contributed by atoms with E-state index < -0.39 is 0 Å². The SMILES string of the molecule is CC(C)CSc1cc(C(=O)NC2CC2)c2ccccc2n1. The average Bonchev–Trinajstić information content (AvgIpc) is 3.28. The molecule has 1 amide bonds. The third-order valence-corrected chi connectivity index (χ3v) is 4.75. The van der Waals surface area contributed by atoms with Crippen LogP contribution in [0.5, 0.6) is 0 Å². The number of thioether (sulfide) groups is 1. The lowest BCUT2D eigenvalue weighted by Crippen LogP contribution is -2.25. The molecule has 0 bridgehead atoms. The maximum Gasteiger partial charge on any atom is 0.252 e. The molecule has 1 aromatic carbocycles. The zero-order valence-corrected chi connectivity index (χ0v) is 13.2. The Morgan fingerprint density at radius 1 is 1.38 bits per heavy atom. The number of carbonyl (C=O) groups is 1. The van der Waals surface area contributed by atoms with E-state index in [1.54, 1.807) is 11.8 Å². The van der Waals surface area contributed by atoms with E-state index in [9.17, 15) is 4.79 Å². The van der Waals surface area contributed by atoms with Gasteiger partial charge in [0.25, 0.3) is 5.91 Å². The van der Waals surface area contributed by atoms with Gasteiger partial charge in [0.1, 0.15) is 0 Å². The lowest BCUT2D eigenvalue weighted by atomic mass is 10.1. The standard InChI is InChI=1S/C17H20N2OS/c1-11(2)10-21-16-9-14(17(20)18-12-7-8-12)13-5-3-4-6-15(13)19-16/h3-6,9,11-12H,7-8,10H2,1-2H3,(H,18,20). The summed E-state index contributed by atoms with van der Waals surface area (Å²) >= 11 is 1.72. The van der Waals surface area contributed by atoms with Crippen molar-refractivity contribution in [2.45, 2.75) is 37.8 Å². The molecule has 1 heterocycles. The number of fused-ring (bicyclic) bond motifs is 1. The number of hydrogen-bond acceptors (Lipinski definition) is 3. The van der Waals surface area contributed by atoms with Gasteiger partial charge < -0.3 is 5.32 Å². The number of nitrogens with zero attached hydrogens (tertiary/aromatic N) is 1. The molecular formula is C17H20N2OS. The summed E-state index contributed by atoms with van der Waals surface area (Å²) in [6, 6.07) is 10.2. The predicted molar refractivity (Wildman–Crippen MR) is 87.8 cm³/mol. The fourth-order valence-electron chi connectivity index (χ4n) is 2.16. The summed E-state index contributed by atoms with van der Waals surface area (Å²) in [5.74, 6) is 1.64. The predicted octanol–water partition coefficient (Wildman–Crippen LogP) is 3.88. The molecular weight excluding hydrogens is 280 g/mol. The molecule has 3 nitrogen and oxygen atoms in total. The molecule has 21 heavy (non-hydrogen) atoms. The molecule has 2 aromatic rings. The summed E-state index contributed by atoms with van der Waals surface area (Å²) in [6.07, 6.45) is 2.20. The molecule has 0 aliphatic heterocycles. The normalized spacial score (nSPS) is 14.6. The molecule has 1 aromatic heterocycles. The molecule has 3 rings (SSSR count). The van der Waals surface area contributed by atoms with Gasteiger partial charge in [0.15, 0.2) is 0 Å². The second-order valence-electron chi connectivity index (χ2n) is 5.98. The van der Waals surface area contributed by atoms with Crippen LogP contribution < -0.4 is 5.32 Å². The van der Waals surface area contributed by atoms with Crippen LogP contribution in [-0.2, 0) is 0 Å². The molecule has 0 unspecified atom stereocenters. The van der Waals surface area contributed by atoms with E-state index in [4.69, 9.17) is 0 Å². The quantitative estimate of drug-likeness (QED) is 0.852. The molecule has 0 radical (unpaired) electrons. The first-order valence-corrected chi connectivity index (χ1v) is 8.45. The van der Waals surface area contributed by atoms with E-state index in [1.165, 1.54) is 0 Å². The Morgan fingerprint density at radius 3 is 2.86 bits per heavy atom. The lowest BCUT2D eigenvalue weighted by molar-refractivity contribution is 0.0952. The average molecular weight is 300 g/mol. The van der Waals surface area contributed by atoms with Crippen LogP contribution >= 0.6 is 11.8 Å². The minimum Gasteiger partial charge on any atom is -0.349 e. The maximum atomic E-state index is 12.5. The second kappa shape index (κ2) is 6.06. The summed E-state index contributed by atoms with van der Waals surface area (Å²) < 4.78 is 0. The van der Waals surface area contributed by atoms with Crippen LogP contribution in [-0.4, -0.2) is 22.7 Å². The Bertz CT molecular complexity index is 665. The summed E-state index contributed by atoms with van der Waals surface area (Å²) in [6.45, 7) is 4.38. The van der Waals surface area contributed by atoms with E-state index >= 15 is 0 Å². The number of para-hydroxylation sites is 1. The first-order chi connectivity index (χ1) is 10.1. The molecule has 0 spiro atoms. The van der Waals surface area contributed by atoms with Gasteiger partial charge in [-0.15, -0.1) is 11.8 Å². The van der Waals surface area contributed by atoms with Gasteiger partial charge in [0.2, 0.25) is 0 Å². The highest BCUT2D eigenvalue weighted by atomic mass is 32.2. The fourth-order valence-corrected chi connectivity index (χ4v) is 3.02. The highest BCUT2D eigenvalue weighted by Gasteiger charge is 2.25. The Hall–Kier alpha value is -1.55. The molecule has 1 N–H and O–H groups in total. The smallest absolute Gasteiger partial charge is 0.252 e. The fraction of sp³-hybridized carbons (Fsp3) is 0.412. The third-order valence-electron chi connectivity index (χ3n) is 3.41. The first-order valence-electron chi connectivity index (χ1n) is 7.47. The van der Waals surface area contributed by atoms with Crippen LogP contribution in [0.4, 0.5) is 0 Å². The summed E-state index contributed by atoms with van der Waals surface area (Å²) in [7, 11) is 0.